The Morgan fingerprint density at radius 1 is 1.32 bits per heavy atom. The Bertz CT molecular complexity index is 627. The summed E-state index contributed by atoms with van der Waals surface area (Å²) in [7, 11) is 1.59. The van der Waals surface area contributed by atoms with Crippen LogP contribution in [0.2, 0.25) is 0 Å². The Kier molecular flexibility index (Phi) is 3.17. The molecule has 0 saturated heterocycles. The fraction of sp³-hybridized carbons (Fsp3) is 0.333. The van der Waals surface area contributed by atoms with E-state index in [1.807, 2.05) is 12.1 Å². The molecule has 0 unspecified atom stereocenters. The Hall–Kier alpha value is -1.94. The van der Waals surface area contributed by atoms with Gasteiger partial charge in [0.2, 0.25) is 0 Å². The van der Waals surface area contributed by atoms with Gasteiger partial charge in [-0.05, 0) is 24.3 Å². The van der Waals surface area contributed by atoms with Gasteiger partial charge in [0.15, 0.2) is 0 Å². The molecule has 3 rings (SSSR count). The van der Waals surface area contributed by atoms with Gasteiger partial charge in [0.1, 0.15) is 5.82 Å². The molecule has 4 nitrogen and oxygen atoms in total. The van der Waals surface area contributed by atoms with E-state index in [0.717, 1.165) is 11.5 Å². The Labute approximate surface area is 111 Å². The monoisotopic (exact) mass is 256 g/mol. The van der Waals surface area contributed by atoms with Gasteiger partial charge in [0.25, 0.3) is 5.56 Å². The summed E-state index contributed by atoms with van der Waals surface area (Å²) in [5.74, 6) is 1.34. The van der Waals surface area contributed by atoms with Crippen molar-refractivity contribution in [3.05, 3.63) is 51.9 Å². The molecule has 1 aliphatic rings. The molecule has 1 aliphatic carbocycles. The number of aromatic nitrogens is 2. The van der Waals surface area contributed by atoms with E-state index in [1.54, 1.807) is 7.11 Å². The van der Waals surface area contributed by atoms with Crippen LogP contribution in [-0.2, 0) is 11.3 Å². The number of hydrogen-bond acceptors (Lipinski definition) is 3. The number of H-pyrrole nitrogens is 1. The van der Waals surface area contributed by atoms with Gasteiger partial charge in [-0.3, -0.25) is 4.79 Å². The highest BCUT2D eigenvalue weighted by molar-refractivity contribution is 5.55. The minimum atomic E-state index is -0.150. The molecular weight excluding hydrogens is 240 g/mol. The highest BCUT2D eigenvalue weighted by atomic mass is 16.5. The van der Waals surface area contributed by atoms with Gasteiger partial charge in [0, 0.05) is 18.7 Å². The Morgan fingerprint density at radius 3 is 2.68 bits per heavy atom. The maximum atomic E-state index is 11.6. The summed E-state index contributed by atoms with van der Waals surface area (Å²) in [5.41, 5.74) is 2.80. The second-order valence-electron chi connectivity index (χ2n) is 4.91. The fourth-order valence-electron chi connectivity index (χ4n) is 2.20. The molecule has 0 aliphatic heterocycles. The first-order valence-corrected chi connectivity index (χ1v) is 6.46. The van der Waals surface area contributed by atoms with Crippen LogP contribution in [0.25, 0.3) is 11.4 Å². The first-order valence-electron chi connectivity index (χ1n) is 6.46. The van der Waals surface area contributed by atoms with E-state index in [9.17, 15) is 4.79 Å². The van der Waals surface area contributed by atoms with Gasteiger partial charge in [-0.25, -0.2) is 4.98 Å². The molecule has 1 aromatic heterocycles. The van der Waals surface area contributed by atoms with Crippen LogP contribution in [0.3, 0.4) is 0 Å². The molecule has 19 heavy (non-hydrogen) atoms. The molecule has 4 heteroatoms. The summed E-state index contributed by atoms with van der Waals surface area (Å²) in [6.45, 7) is 0.344. The van der Waals surface area contributed by atoms with E-state index in [-0.39, 0.29) is 5.56 Å². The number of methoxy groups -OCH3 is 1. The minimum absolute atomic E-state index is 0.150. The highest BCUT2D eigenvalue weighted by Gasteiger charge is 2.23. The number of hydrogen-bond donors (Lipinski definition) is 1. The number of rotatable bonds is 4. The largest absolute Gasteiger partial charge is 0.378 e. The molecule has 2 aromatic rings. The first-order chi connectivity index (χ1) is 9.26. The zero-order valence-electron chi connectivity index (χ0n) is 10.8. The highest BCUT2D eigenvalue weighted by Crippen LogP contribution is 2.40. The molecule has 1 N–H and O–H groups in total. The fourth-order valence-corrected chi connectivity index (χ4v) is 2.20. The van der Waals surface area contributed by atoms with Crippen molar-refractivity contribution in [2.45, 2.75) is 25.4 Å². The van der Waals surface area contributed by atoms with Crippen molar-refractivity contribution in [3.8, 4) is 11.4 Å². The van der Waals surface area contributed by atoms with Crippen molar-refractivity contribution in [1.29, 1.82) is 0 Å². The lowest BCUT2D eigenvalue weighted by atomic mass is 10.1. The van der Waals surface area contributed by atoms with Crippen LogP contribution in [0.4, 0.5) is 0 Å². The molecule has 1 saturated carbocycles. The third-order valence-corrected chi connectivity index (χ3v) is 3.32. The zero-order valence-corrected chi connectivity index (χ0v) is 10.8. The van der Waals surface area contributed by atoms with E-state index >= 15 is 0 Å². The molecular formula is C15H16N2O2. The van der Waals surface area contributed by atoms with Gasteiger partial charge in [-0.2, -0.15) is 0 Å². The molecule has 0 atom stereocenters. The third kappa shape index (κ3) is 2.74. The van der Waals surface area contributed by atoms with Crippen molar-refractivity contribution in [2.24, 2.45) is 0 Å². The van der Waals surface area contributed by atoms with Crippen LogP contribution in [0, 0.1) is 0 Å². The van der Waals surface area contributed by atoms with Crippen LogP contribution >= 0.6 is 0 Å². The smallest absolute Gasteiger partial charge is 0.251 e. The van der Waals surface area contributed by atoms with Crippen molar-refractivity contribution in [2.75, 3.05) is 7.11 Å². The van der Waals surface area contributed by atoms with Crippen molar-refractivity contribution in [3.63, 3.8) is 0 Å². The average molecular weight is 256 g/mol. The Morgan fingerprint density at radius 2 is 2.05 bits per heavy atom. The molecule has 0 bridgehead atoms. The number of aromatic amines is 1. The van der Waals surface area contributed by atoms with Crippen molar-refractivity contribution < 1.29 is 4.74 Å². The minimum Gasteiger partial charge on any atom is -0.378 e. The van der Waals surface area contributed by atoms with E-state index in [0.29, 0.717) is 18.1 Å². The predicted molar refractivity (Wildman–Crippen MR) is 73.0 cm³/mol. The van der Waals surface area contributed by atoms with E-state index in [4.69, 9.17) is 4.74 Å². The van der Waals surface area contributed by atoms with Gasteiger partial charge >= 0.3 is 0 Å². The second kappa shape index (κ2) is 4.97. The van der Waals surface area contributed by atoms with E-state index in [2.05, 4.69) is 22.1 Å². The van der Waals surface area contributed by atoms with Crippen molar-refractivity contribution >= 4 is 0 Å². The summed E-state index contributed by atoms with van der Waals surface area (Å²) in [5, 5.41) is 0. The second-order valence-corrected chi connectivity index (χ2v) is 4.91. The summed E-state index contributed by atoms with van der Waals surface area (Å²) < 4.78 is 5.02. The van der Waals surface area contributed by atoms with Gasteiger partial charge in [-0.15, -0.1) is 0 Å². The maximum Gasteiger partial charge on any atom is 0.251 e. The van der Waals surface area contributed by atoms with Gasteiger partial charge in [0.05, 0.1) is 12.3 Å². The number of ether oxygens (including phenoxy) is 1. The van der Waals surface area contributed by atoms with Crippen LogP contribution in [0.15, 0.2) is 35.1 Å². The lowest BCUT2D eigenvalue weighted by Crippen LogP contribution is -2.10. The average Bonchev–Trinajstić information content (AvgIpc) is 3.23. The number of nitrogens with one attached hydrogen (secondary N) is 1. The first kappa shape index (κ1) is 12.1. The molecule has 0 radical (unpaired) electrons. The van der Waals surface area contributed by atoms with Gasteiger partial charge in [-0.1, -0.05) is 24.3 Å². The van der Waals surface area contributed by atoms with E-state index < -0.39 is 0 Å². The standard InChI is InChI=1S/C15H16N2O2/c1-19-9-13-8-14(18)17-15(16-13)12-6-4-11(5-7-12)10-2-3-10/h4-8,10H,2-3,9H2,1H3,(H,16,17,18). The van der Waals surface area contributed by atoms with Crippen LogP contribution in [-0.4, -0.2) is 17.1 Å². The SMILES string of the molecule is COCc1cc(=O)[nH]c(-c2ccc(C3CC3)cc2)n1. The molecule has 0 spiro atoms. The van der Waals surface area contributed by atoms with Gasteiger partial charge < -0.3 is 9.72 Å². The molecule has 1 aromatic carbocycles. The predicted octanol–water partition coefficient (Wildman–Crippen LogP) is 2.46. The number of nitrogens with zero attached hydrogens (tertiary/aromatic N) is 1. The zero-order chi connectivity index (χ0) is 13.2. The molecule has 0 amide bonds. The molecule has 98 valence electrons. The molecule has 1 fully saturated rings. The Balaban J connectivity index is 1.93. The normalized spacial score (nSPS) is 14.6. The topological polar surface area (TPSA) is 55.0 Å². The third-order valence-electron chi connectivity index (χ3n) is 3.32. The summed E-state index contributed by atoms with van der Waals surface area (Å²) >= 11 is 0. The summed E-state index contributed by atoms with van der Waals surface area (Å²) in [6.07, 6.45) is 2.58. The van der Waals surface area contributed by atoms with Crippen LogP contribution in [0.1, 0.15) is 30.0 Å². The summed E-state index contributed by atoms with van der Waals surface area (Å²) in [4.78, 5) is 18.8. The lowest BCUT2D eigenvalue weighted by Gasteiger charge is -2.05. The number of benzene rings is 1. The van der Waals surface area contributed by atoms with E-state index in [1.165, 1.54) is 24.5 Å². The maximum absolute atomic E-state index is 11.6. The summed E-state index contributed by atoms with van der Waals surface area (Å²) in [6, 6.07) is 9.74. The quantitative estimate of drug-likeness (QED) is 0.914. The van der Waals surface area contributed by atoms with Crippen molar-refractivity contribution in [1.82, 2.24) is 9.97 Å². The molecule has 1 heterocycles. The van der Waals surface area contributed by atoms with Crippen LogP contribution < -0.4 is 5.56 Å². The van der Waals surface area contributed by atoms with Crippen LogP contribution in [0.5, 0.6) is 0 Å². The lowest BCUT2D eigenvalue weighted by molar-refractivity contribution is 0.181.